The van der Waals surface area contributed by atoms with Gasteiger partial charge in [0.1, 0.15) is 0 Å². The molecule has 0 N–H and O–H groups in total. The smallest absolute Gasteiger partial charge is 0.227 e. The van der Waals surface area contributed by atoms with E-state index in [0.717, 1.165) is 11.3 Å². The van der Waals surface area contributed by atoms with E-state index in [0.29, 0.717) is 6.54 Å². The number of carbonyl (C=O) groups is 2. The van der Waals surface area contributed by atoms with E-state index in [1.807, 2.05) is 31.2 Å². The average molecular weight is 238 g/mol. The molecule has 1 aliphatic heterocycles. The highest BCUT2D eigenvalue weighted by Gasteiger charge is 2.34. The summed E-state index contributed by atoms with van der Waals surface area (Å²) in [4.78, 5) is 24.4. The van der Waals surface area contributed by atoms with Crippen molar-refractivity contribution in [3.8, 4) is 0 Å². The molecule has 1 aromatic rings. The highest BCUT2D eigenvalue weighted by atomic mass is 35.5. The molecule has 1 aliphatic rings. The minimum atomic E-state index is -0.427. The fraction of sp³-hybridized carbons (Fsp3) is 0.333. The fourth-order valence-corrected chi connectivity index (χ4v) is 2.05. The number of rotatable bonds is 2. The second-order valence-electron chi connectivity index (χ2n) is 4.05. The summed E-state index contributed by atoms with van der Waals surface area (Å²) in [5.41, 5.74) is 1.93. The van der Waals surface area contributed by atoms with Gasteiger partial charge in [-0.25, -0.2) is 0 Å². The molecule has 4 heteroatoms. The van der Waals surface area contributed by atoms with Gasteiger partial charge in [-0.3, -0.25) is 9.59 Å². The van der Waals surface area contributed by atoms with Crippen LogP contribution in [-0.4, -0.2) is 17.7 Å². The summed E-state index contributed by atoms with van der Waals surface area (Å²) in [6, 6.07) is 7.66. The molecule has 0 aromatic heterocycles. The number of halogens is 1. The maximum atomic E-state index is 11.7. The van der Waals surface area contributed by atoms with Crippen LogP contribution in [0.3, 0.4) is 0 Å². The van der Waals surface area contributed by atoms with Gasteiger partial charge in [-0.1, -0.05) is 12.1 Å². The zero-order valence-electron chi connectivity index (χ0n) is 8.94. The van der Waals surface area contributed by atoms with Crippen molar-refractivity contribution in [2.75, 3.05) is 11.4 Å². The Kier molecular flexibility index (Phi) is 2.97. The lowest BCUT2D eigenvalue weighted by molar-refractivity contribution is -0.120. The summed E-state index contributed by atoms with van der Waals surface area (Å²) in [5, 5.41) is -0.427. The number of hydrogen-bond acceptors (Lipinski definition) is 2. The van der Waals surface area contributed by atoms with E-state index in [2.05, 4.69) is 0 Å². The predicted octanol–water partition coefficient (Wildman–Crippen LogP) is 2.11. The molecule has 0 spiro atoms. The molecule has 0 bridgehead atoms. The van der Waals surface area contributed by atoms with Crippen molar-refractivity contribution in [1.82, 2.24) is 0 Å². The van der Waals surface area contributed by atoms with E-state index in [-0.39, 0.29) is 18.2 Å². The lowest BCUT2D eigenvalue weighted by Gasteiger charge is -2.16. The molecule has 1 amide bonds. The van der Waals surface area contributed by atoms with Crippen LogP contribution in [-0.2, 0) is 9.59 Å². The molecule has 1 fully saturated rings. The molecule has 3 nitrogen and oxygen atoms in total. The Bertz CT molecular complexity index is 444. The minimum Gasteiger partial charge on any atom is -0.312 e. The van der Waals surface area contributed by atoms with Gasteiger partial charge in [-0.05, 0) is 36.2 Å². The summed E-state index contributed by atoms with van der Waals surface area (Å²) in [6.07, 6.45) is 0.219. The zero-order chi connectivity index (χ0) is 11.7. The Morgan fingerprint density at radius 2 is 2.25 bits per heavy atom. The van der Waals surface area contributed by atoms with Crippen LogP contribution in [0.2, 0.25) is 0 Å². The Balaban J connectivity index is 2.23. The van der Waals surface area contributed by atoms with Crippen molar-refractivity contribution in [3.05, 3.63) is 29.8 Å². The molecular weight excluding hydrogens is 226 g/mol. The van der Waals surface area contributed by atoms with Crippen LogP contribution in [0.1, 0.15) is 12.0 Å². The lowest BCUT2D eigenvalue weighted by Crippen LogP contribution is -2.25. The van der Waals surface area contributed by atoms with Gasteiger partial charge in [0.15, 0.2) is 0 Å². The maximum absolute atomic E-state index is 11.7. The van der Waals surface area contributed by atoms with Crippen molar-refractivity contribution >= 4 is 28.4 Å². The van der Waals surface area contributed by atoms with Crippen LogP contribution in [0.4, 0.5) is 5.69 Å². The van der Waals surface area contributed by atoms with Crippen molar-refractivity contribution in [3.63, 3.8) is 0 Å². The van der Waals surface area contributed by atoms with Crippen LogP contribution in [0.5, 0.6) is 0 Å². The summed E-state index contributed by atoms with van der Waals surface area (Å²) >= 11 is 5.42. The molecule has 84 valence electrons. The van der Waals surface area contributed by atoms with Crippen LogP contribution in [0.15, 0.2) is 24.3 Å². The topological polar surface area (TPSA) is 37.4 Å². The van der Waals surface area contributed by atoms with Gasteiger partial charge in [0.25, 0.3) is 0 Å². The first kappa shape index (κ1) is 11.1. The molecule has 1 aromatic carbocycles. The van der Waals surface area contributed by atoms with Gasteiger partial charge in [0.05, 0.1) is 5.92 Å². The second kappa shape index (κ2) is 4.26. The summed E-state index contributed by atoms with van der Waals surface area (Å²) in [7, 11) is 0. The second-order valence-corrected chi connectivity index (χ2v) is 4.42. The standard InChI is InChI=1S/C12H12ClNO2/c1-8-3-2-4-10(5-8)14-7-9(12(13)16)6-11(14)15/h2-5,9H,6-7H2,1H3. The monoisotopic (exact) mass is 237 g/mol. The van der Waals surface area contributed by atoms with E-state index < -0.39 is 5.24 Å². The minimum absolute atomic E-state index is 0.0374. The van der Waals surface area contributed by atoms with Crippen molar-refractivity contribution in [2.24, 2.45) is 5.92 Å². The Morgan fingerprint density at radius 3 is 2.81 bits per heavy atom. The molecule has 1 heterocycles. The number of benzene rings is 1. The summed E-state index contributed by atoms with van der Waals surface area (Å²) in [5.74, 6) is -0.403. The fourth-order valence-electron chi connectivity index (χ4n) is 1.91. The number of hydrogen-bond donors (Lipinski definition) is 0. The van der Waals surface area contributed by atoms with Crippen LogP contribution in [0, 0.1) is 12.8 Å². The number of amides is 1. The number of anilines is 1. The van der Waals surface area contributed by atoms with E-state index in [4.69, 9.17) is 11.6 Å². The lowest BCUT2D eigenvalue weighted by atomic mass is 10.1. The highest BCUT2D eigenvalue weighted by Crippen LogP contribution is 2.26. The quantitative estimate of drug-likeness (QED) is 0.739. The maximum Gasteiger partial charge on any atom is 0.227 e. The molecule has 2 rings (SSSR count). The number of nitrogens with zero attached hydrogens (tertiary/aromatic N) is 1. The first-order valence-electron chi connectivity index (χ1n) is 5.14. The summed E-state index contributed by atoms with van der Waals surface area (Å²) in [6.45, 7) is 2.36. The third-order valence-electron chi connectivity index (χ3n) is 2.76. The van der Waals surface area contributed by atoms with E-state index in [9.17, 15) is 9.59 Å². The van der Waals surface area contributed by atoms with Crippen LogP contribution >= 0.6 is 11.6 Å². The third-order valence-corrected chi connectivity index (χ3v) is 3.07. The Hall–Kier alpha value is -1.35. The molecule has 0 aliphatic carbocycles. The first-order chi connectivity index (χ1) is 7.58. The summed E-state index contributed by atoms with van der Waals surface area (Å²) < 4.78 is 0. The van der Waals surface area contributed by atoms with Crippen molar-refractivity contribution in [2.45, 2.75) is 13.3 Å². The number of carbonyl (C=O) groups excluding carboxylic acids is 2. The van der Waals surface area contributed by atoms with Crippen LogP contribution in [0.25, 0.3) is 0 Å². The van der Waals surface area contributed by atoms with E-state index >= 15 is 0 Å². The SMILES string of the molecule is Cc1cccc(N2CC(C(=O)Cl)CC2=O)c1. The van der Waals surface area contributed by atoms with Crippen LogP contribution < -0.4 is 4.90 Å². The Labute approximate surface area is 99.0 Å². The average Bonchev–Trinajstić information content (AvgIpc) is 2.60. The predicted molar refractivity (Wildman–Crippen MR) is 62.5 cm³/mol. The van der Waals surface area contributed by atoms with Gasteiger partial charge in [0, 0.05) is 18.7 Å². The molecule has 1 atom stereocenters. The van der Waals surface area contributed by atoms with Crippen molar-refractivity contribution < 1.29 is 9.59 Å². The van der Waals surface area contributed by atoms with Gasteiger partial charge in [0.2, 0.25) is 11.1 Å². The number of aryl methyl sites for hydroxylation is 1. The van der Waals surface area contributed by atoms with Gasteiger partial charge in [-0.2, -0.15) is 0 Å². The molecule has 1 unspecified atom stereocenters. The molecular formula is C12H12ClNO2. The Morgan fingerprint density at radius 1 is 1.50 bits per heavy atom. The van der Waals surface area contributed by atoms with Gasteiger partial charge in [-0.15, -0.1) is 0 Å². The molecule has 1 saturated heterocycles. The highest BCUT2D eigenvalue weighted by molar-refractivity contribution is 6.64. The first-order valence-corrected chi connectivity index (χ1v) is 5.52. The third kappa shape index (κ3) is 2.09. The zero-order valence-corrected chi connectivity index (χ0v) is 9.70. The van der Waals surface area contributed by atoms with E-state index in [1.165, 1.54) is 0 Å². The van der Waals surface area contributed by atoms with Gasteiger partial charge < -0.3 is 4.90 Å². The molecule has 0 saturated carbocycles. The van der Waals surface area contributed by atoms with Crippen molar-refractivity contribution in [1.29, 1.82) is 0 Å². The van der Waals surface area contributed by atoms with E-state index in [1.54, 1.807) is 4.90 Å². The molecule has 16 heavy (non-hydrogen) atoms. The largest absolute Gasteiger partial charge is 0.312 e. The van der Waals surface area contributed by atoms with Gasteiger partial charge >= 0.3 is 0 Å². The normalized spacial score (nSPS) is 20.2. The molecule has 0 radical (unpaired) electrons.